The van der Waals surface area contributed by atoms with Crippen LogP contribution in [0.4, 0.5) is 0 Å². The topological polar surface area (TPSA) is 104 Å². The molecule has 1 heterocycles. The van der Waals surface area contributed by atoms with E-state index < -0.39 is 5.91 Å². The Kier molecular flexibility index (Phi) is 3.77. The highest BCUT2D eigenvalue weighted by Gasteiger charge is 2.20. The summed E-state index contributed by atoms with van der Waals surface area (Å²) in [5, 5.41) is 15.3. The lowest BCUT2D eigenvalue weighted by Gasteiger charge is -2.22. The summed E-state index contributed by atoms with van der Waals surface area (Å²) in [4.78, 5) is 24.5. The summed E-state index contributed by atoms with van der Waals surface area (Å²) in [6, 6.07) is 0. The fourth-order valence-electron chi connectivity index (χ4n) is 1.17. The number of hydrogen-bond donors (Lipinski definition) is 2. The van der Waals surface area contributed by atoms with E-state index in [1.165, 1.54) is 11.9 Å². The van der Waals surface area contributed by atoms with E-state index in [1.54, 1.807) is 0 Å². The van der Waals surface area contributed by atoms with Crippen molar-refractivity contribution in [2.24, 2.45) is 0 Å². The number of hydrogen-bond acceptors (Lipinski definition) is 5. The van der Waals surface area contributed by atoms with E-state index in [0.29, 0.717) is 0 Å². The summed E-state index contributed by atoms with van der Waals surface area (Å²) in [7, 11) is 1.50. The van der Waals surface area contributed by atoms with Crippen LogP contribution in [0.25, 0.3) is 0 Å². The Bertz CT molecular complexity index is 394. The van der Waals surface area contributed by atoms with E-state index in [4.69, 9.17) is 0 Å². The van der Waals surface area contributed by atoms with Crippen LogP contribution in [0, 0.1) is 0 Å². The number of nitrogens with zero attached hydrogens (tertiary/aromatic N) is 4. The molecule has 0 atom stereocenters. The number of nitrogens with one attached hydrogen (secondary N) is 2. The molecule has 94 valence electrons. The second-order valence-electron chi connectivity index (χ2n) is 4.69. The van der Waals surface area contributed by atoms with Gasteiger partial charge in [0.25, 0.3) is 11.7 Å². The van der Waals surface area contributed by atoms with Crippen LogP contribution in [0.5, 0.6) is 0 Å². The Morgan fingerprint density at radius 3 is 2.53 bits per heavy atom. The molecule has 2 N–H and O–H groups in total. The molecule has 0 aliphatic carbocycles. The number of rotatable bonds is 3. The van der Waals surface area contributed by atoms with Crippen molar-refractivity contribution in [1.29, 1.82) is 0 Å². The van der Waals surface area contributed by atoms with Gasteiger partial charge in [0.15, 0.2) is 0 Å². The number of aromatic amines is 1. The molecule has 1 aromatic heterocycles. The van der Waals surface area contributed by atoms with Gasteiger partial charge in [-0.25, -0.2) is 0 Å². The normalized spacial score (nSPS) is 11.1. The highest BCUT2D eigenvalue weighted by Crippen LogP contribution is 1.99. The summed E-state index contributed by atoms with van der Waals surface area (Å²) in [6.45, 7) is 5.55. The largest absolute Gasteiger partial charge is 0.350 e. The molecule has 0 saturated heterocycles. The Morgan fingerprint density at radius 2 is 2.06 bits per heavy atom. The molecule has 8 nitrogen and oxygen atoms in total. The molecule has 0 bridgehead atoms. The van der Waals surface area contributed by atoms with Gasteiger partial charge in [-0.15, -0.1) is 10.2 Å². The van der Waals surface area contributed by atoms with Gasteiger partial charge < -0.3 is 10.2 Å². The number of tetrazole rings is 1. The smallest absolute Gasteiger partial charge is 0.295 e. The van der Waals surface area contributed by atoms with Gasteiger partial charge >= 0.3 is 0 Å². The predicted molar refractivity (Wildman–Crippen MR) is 59.0 cm³/mol. The third-order valence-corrected chi connectivity index (χ3v) is 1.78. The molecule has 1 rings (SSSR count). The SMILES string of the molecule is CN(CC(=O)NC(C)(C)C)C(=O)c1nn[nH]n1. The van der Waals surface area contributed by atoms with E-state index in [0.717, 1.165) is 0 Å². The van der Waals surface area contributed by atoms with Crippen molar-refractivity contribution in [3.05, 3.63) is 5.82 Å². The molecule has 1 aromatic rings. The number of likely N-dealkylation sites (N-methyl/N-ethyl adjacent to an activating group) is 1. The van der Waals surface area contributed by atoms with Gasteiger partial charge in [-0.3, -0.25) is 9.59 Å². The molecular formula is C9H16N6O2. The summed E-state index contributed by atoms with van der Waals surface area (Å²) in [6.07, 6.45) is 0. The van der Waals surface area contributed by atoms with Gasteiger partial charge in [0.1, 0.15) is 0 Å². The van der Waals surface area contributed by atoms with Crippen molar-refractivity contribution < 1.29 is 9.59 Å². The van der Waals surface area contributed by atoms with Crippen molar-refractivity contribution in [1.82, 2.24) is 30.8 Å². The fourth-order valence-corrected chi connectivity index (χ4v) is 1.17. The zero-order valence-electron chi connectivity index (χ0n) is 10.3. The monoisotopic (exact) mass is 240 g/mol. The van der Waals surface area contributed by atoms with E-state index in [2.05, 4.69) is 25.9 Å². The molecule has 0 spiro atoms. The average molecular weight is 240 g/mol. The third kappa shape index (κ3) is 4.17. The number of aromatic nitrogens is 4. The first-order chi connectivity index (χ1) is 7.79. The lowest BCUT2D eigenvalue weighted by atomic mass is 10.1. The fraction of sp³-hybridized carbons (Fsp3) is 0.667. The maximum absolute atomic E-state index is 11.7. The van der Waals surface area contributed by atoms with Crippen LogP contribution < -0.4 is 5.32 Å². The van der Waals surface area contributed by atoms with Crippen LogP contribution in [-0.2, 0) is 4.79 Å². The molecule has 8 heteroatoms. The lowest BCUT2D eigenvalue weighted by molar-refractivity contribution is -0.122. The molecule has 0 aromatic carbocycles. The van der Waals surface area contributed by atoms with Crippen LogP contribution in [0.3, 0.4) is 0 Å². The van der Waals surface area contributed by atoms with Gasteiger partial charge in [0, 0.05) is 12.6 Å². The molecule has 2 amide bonds. The minimum atomic E-state index is -0.456. The molecule has 0 saturated carbocycles. The Balaban J connectivity index is 2.52. The molecule has 17 heavy (non-hydrogen) atoms. The van der Waals surface area contributed by atoms with Crippen LogP contribution in [-0.4, -0.2) is 56.5 Å². The first-order valence-electron chi connectivity index (χ1n) is 5.09. The Labute approximate surface area is 98.8 Å². The minimum absolute atomic E-state index is 0.0509. The minimum Gasteiger partial charge on any atom is -0.350 e. The maximum Gasteiger partial charge on any atom is 0.295 e. The van der Waals surface area contributed by atoms with E-state index in [1.807, 2.05) is 20.8 Å². The molecule has 0 unspecified atom stereocenters. The second-order valence-corrected chi connectivity index (χ2v) is 4.69. The Hall–Kier alpha value is -1.99. The van der Waals surface area contributed by atoms with Crippen molar-refractivity contribution in [2.75, 3.05) is 13.6 Å². The average Bonchev–Trinajstić information content (AvgIpc) is 2.65. The number of H-pyrrole nitrogens is 1. The Morgan fingerprint density at radius 1 is 1.41 bits per heavy atom. The quantitative estimate of drug-likeness (QED) is 0.718. The molecule has 0 aliphatic heterocycles. The van der Waals surface area contributed by atoms with Crippen molar-refractivity contribution in [3.8, 4) is 0 Å². The maximum atomic E-state index is 11.7. The lowest BCUT2D eigenvalue weighted by Crippen LogP contribution is -2.46. The van der Waals surface area contributed by atoms with Gasteiger partial charge in [-0.2, -0.15) is 5.21 Å². The van der Waals surface area contributed by atoms with Gasteiger partial charge in [-0.1, -0.05) is 0 Å². The van der Waals surface area contributed by atoms with Gasteiger partial charge in [0.2, 0.25) is 5.91 Å². The first kappa shape index (κ1) is 13.1. The van der Waals surface area contributed by atoms with E-state index in [9.17, 15) is 9.59 Å². The van der Waals surface area contributed by atoms with Gasteiger partial charge in [-0.05, 0) is 26.0 Å². The summed E-state index contributed by atoms with van der Waals surface area (Å²) in [5.41, 5.74) is -0.326. The first-order valence-corrected chi connectivity index (χ1v) is 5.09. The molecular weight excluding hydrogens is 224 g/mol. The second kappa shape index (κ2) is 4.89. The van der Waals surface area contributed by atoms with Crippen molar-refractivity contribution >= 4 is 11.8 Å². The summed E-state index contributed by atoms with van der Waals surface area (Å²) in [5.74, 6) is -0.754. The van der Waals surface area contributed by atoms with Gasteiger partial charge in [0.05, 0.1) is 6.54 Å². The summed E-state index contributed by atoms with van der Waals surface area (Å²) >= 11 is 0. The molecule has 0 aliphatic rings. The van der Waals surface area contributed by atoms with E-state index >= 15 is 0 Å². The summed E-state index contributed by atoms with van der Waals surface area (Å²) < 4.78 is 0. The van der Waals surface area contributed by atoms with Crippen LogP contribution in [0.1, 0.15) is 31.4 Å². The highest BCUT2D eigenvalue weighted by atomic mass is 16.2. The zero-order valence-corrected chi connectivity index (χ0v) is 10.3. The third-order valence-electron chi connectivity index (χ3n) is 1.78. The number of carbonyl (C=O) groups excluding carboxylic acids is 2. The highest BCUT2D eigenvalue weighted by molar-refractivity contribution is 5.93. The molecule has 0 fully saturated rings. The van der Waals surface area contributed by atoms with Crippen LogP contribution in [0.2, 0.25) is 0 Å². The predicted octanol–water partition coefficient (Wildman–Crippen LogP) is -0.814. The van der Waals surface area contributed by atoms with Crippen LogP contribution in [0.15, 0.2) is 0 Å². The zero-order chi connectivity index (χ0) is 13.1. The molecule has 0 radical (unpaired) electrons. The number of amides is 2. The van der Waals surface area contributed by atoms with E-state index in [-0.39, 0.29) is 23.8 Å². The van der Waals surface area contributed by atoms with Crippen LogP contribution >= 0.6 is 0 Å². The standard InChI is InChI=1S/C9H16N6O2/c1-9(2,3)10-6(16)5-15(4)8(17)7-11-13-14-12-7/h5H2,1-4H3,(H,10,16)(H,11,12,13,14). The van der Waals surface area contributed by atoms with Crippen molar-refractivity contribution in [3.63, 3.8) is 0 Å². The number of carbonyl (C=O) groups is 2. The van der Waals surface area contributed by atoms with Crippen molar-refractivity contribution in [2.45, 2.75) is 26.3 Å².